The minimum Gasteiger partial charge on any atom is -0.338 e. The molecule has 0 bridgehead atoms. The molecule has 2 rings (SSSR count). The first-order chi connectivity index (χ1) is 8.81. The summed E-state index contributed by atoms with van der Waals surface area (Å²) in [5.41, 5.74) is 2.70. The number of nitrogens with zero attached hydrogens (tertiary/aromatic N) is 1. The fourth-order valence-corrected chi connectivity index (χ4v) is 2.36. The second-order valence-electron chi connectivity index (χ2n) is 4.83. The van der Waals surface area contributed by atoms with E-state index in [0.29, 0.717) is 6.42 Å². The minimum atomic E-state index is 0.271. The first-order valence-corrected chi connectivity index (χ1v) is 6.86. The maximum atomic E-state index is 12.1. The molecule has 0 saturated carbocycles. The van der Waals surface area contributed by atoms with Gasteiger partial charge < -0.3 is 10.2 Å². The highest BCUT2D eigenvalue weighted by Gasteiger charge is 2.19. The molecule has 0 unspecified atom stereocenters. The highest BCUT2D eigenvalue weighted by Crippen LogP contribution is 2.18. The van der Waals surface area contributed by atoms with Crippen LogP contribution in [-0.2, 0) is 17.8 Å². The molecule has 0 saturated heterocycles. The van der Waals surface area contributed by atoms with E-state index in [4.69, 9.17) is 0 Å². The first kappa shape index (κ1) is 13.1. The molecular formula is C15H22N2O. The van der Waals surface area contributed by atoms with Crippen LogP contribution in [0.4, 0.5) is 0 Å². The van der Waals surface area contributed by atoms with Gasteiger partial charge in [-0.1, -0.05) is 31.2 Å². The summed E-state index contributed by atoms with van der Waals surface area (Å²) in [6, 6.07) is 8.42. The summed E-state index contributed by atoms with van der Waals surface area (Å²) < 4.78 is 0. The molecule has 0 aliphatic carbocycles. The summed E-state index contributed by atoms with van der Waals surface area (Å²) in [6.45, 7) is 5.57. The third-order valence-electron chi connectivity index (χ3n) is 3.43. The average molecular weight is 246 g/mol. The van der Waals surface area contributed by atoms with Crippen LogP contribution in [0.25, 0.3) is 0 Å². The molecule has 18 heavy (non-hydrogen) atoms. The lowest BCUT2D eigenvalue weighted by Crippen LogP contribution is -2.37. The zero-order chi connectivity index (χ0) is 12.8. The summed E-state index contributed by atoms with van der Waals surface area (Å²) in [6.07, 6.45) is 2.72. The number of amides is 1. The van der Waals surface area contributed by atoms with Crippen LogP contribution in [-0.4, -0.2) is 30.4 Å². The predicted molar refractivity (Wildman–Crippen MR) is 73.3 cm³/mol. The van der Waals surface area contributed by atoms with Crippen LogP contribution in [0.15, 0.2) is 24.3 Å². The third kappa shape index (κ3) is 3.33. The average Bonchev–Trinajstić information content (AvgIpc) is 2.43. The van der Waals surface area contributed by atoms with Gasteiger partial charge in [-0.3, -0.25) is 4.79 Å². The van der Waals surface area contributed by atoms with Gasteiger partial charge in [0, 0.05) is 26.1 Å². The number of hydrogen-bond donors (Lipinski definition) is 1. The number of fused-ring (bicyclic) bond motifs is 1. The molecule has 0 atom stereocenters. The van der Waals surface area contributed by atoms with Crippen molar-refractivity contribution in [3.05, 3.63) is 35.4 Å². The number of nitrogens with one attached hydrogen (secondary N) is 1. The maximum absolute atomic E-state index is 12.1. The fraction of sp³-hybridized carbons (Fsp3) is 0.533. The number of hydrogen-bond acceptors (Lipinski definition) is 2. The van der Waals surface area contributed by atoms with Gasteiger partial charge in [-0.05, 0) is 30.5 Å². The maximum Gasteiger partial charge on any atom is 0.224 e. The summed E-state index contributed by atoms with van der Waals surface area (Å²) in [4.78, 5) is 14.0. The molecule has 1 aliphatic heterocycles. The van der Waals surface area contributed by atoms with Crippen LogP contribution in [0.2, 0.25) is 0 Å². The molecule has 0 radical (unpaired) electrons. The Kier molecular flexibility index (Phi) is 4.76. The van der Waals surface area contributed by atoms with E-state index < -0.39 is 0 Å². The molecule has 98 valence electrons. The molecule has 1 aromatic carbocycles. The van der Waals surface area contributed by atoms with Crippen LogP contribution in [0.5, 0.6) is 0 Å². The van der Waals surface area contributed by atoms with Gasteiger partial charge in [0.15, 0.2) is 0 Å². The van der Waals surface area contributed by atoms with Gasteiger partial charge >= 0.3 is 0 Å². The molecule has 1 aliphatic rings. The molecule has 1 aromatic rings. The Morgan fingerprint density at radius 3 is 2.83 bits per heavy atom. The molecule has 1 N–H and O–H groups in total. The lowest BCUT2D eigenvalue weighted by molar-refractivity contribution is -0.132. The van der Waals surface area contributed by atoms with E-state index in [1.165, 1.54) is 11.1 Å². The smallest absolute Gasteiger partial charge is 0.224 e. The summed E-state index contributed by atoms with van der Waals surface area (Å²) in [5, 5.41) is 3.28. The van der Waals surface area contributed by atoms with E-state index in [1.54, 1.807) is 0 Å². The van der Waals surface area contributed by atoms with Gasteiger partial charge in [-0.15, -0.1) is 0 Å². The SMILES string of the molecule is CCCNCCC(=O)N1CCc2ccccc2C1. The fourth-order valence-electron chi connectivity index (χ4n) is 2.36. The lowest BCUT2D eigenvalue weighted by atomic mass is 10.00. The van der Waals surface area contributed by atoms with Crippen molar-refractivity contribution in [3.8, 4) is 0 Å². The first-order valence-electron chi connectivity index (χ1n) is 6.86. The van der Waals surface area contributed by atoms with Gasteiger partial charge in [-0.2, -0.15) is 0 Å². The minimum absolute atomic E-state index is 0.271. The summed E-state index contributed by atoms with van der Waals surface area (Å²) in [5.74, 6) is 0.271. The van der Waals surface area contributed by atoms with Crippen molar-refractivity contribution in [2.75, 3.05) is 19.6 Å². The number of carbonyl (C=O) groups excluding carboxylic acids is 1. The normalized spacial score (nSPS) is 14.4. The van der Waals surface area contributed by atoms with Gasteiger partial charge in [0.2, 0.25) is 5.91 Å². The Morgan fingerprint density at radius 1 is 1.28 bits per heavy atom. The number of rotatable bonds is 5. The highest BCUT2D eigenvalue weighted by atomic mass is 16.2. The van der Waals surface area contributed by atoms with Crippen LogP contribution < -0.4 is 5.32 Å². The van der Waals surface area contributed by atoms with Crippen molar-refractivity contribution in [2.45, 2.75) is 32.7 Å². The largest absolute Gasteiger partial charge is 0.338 e. The summed E-state index contributed by atoms with van der Waals surface area (Å²) in [7, 11) is 0. The van der Waals surface area contributed by atoms with Crippen LogP contribution in [0.3, 0.4) is 0 Å². The van der Waals surface area contributed by atoms with Crippen molar-refractivity contribution in [2.24, 2.45) is 0 Å². The molecular weight excluding hydrogens is 224 g/mol. The van der Waals surface area contributed by atoms with E-state index >= 15 is 0 Å². The highest BCUT2D eigenvalue weighted by molar-refractivity contribution is 5.76. The number of carbonyl (C=O) groups is 1. The Balaban J connectivity index is 1.83. The van der Waals surface area contributed by atoms with Crippen LogP contribution in [0, 0.1) is 0 Å². The van der Waals surface area contributed by atoms with Crippen molar-refractivity contribution < 1.29 is 4.79 Å². The van der Waals surface area contributed by atoms with Gasteiger partial charge in [0.1, 0.15) is 0 Å². The van der Waals surface area contributed by atoms with Crippen molar-refractivity contribution in [1.82, 2.24) is 10.2 Å². The van der Waals surface area contributed by atoms with E-state index in [2.05, 4.69) is 36.5 Å². The van der Waals surface area contributed by atoms with Crippen molar-refractivity contribution >= 4 is 5.91 Å². The predicted octanol–water partition coefficient (Wildman–Crippen LogP) is 1.96. The topological polar surface area (TPSA) is 32.3 Å². The van der Waals surface area contributed by atoms with E-state index in [0.717, 1.165) is 39.0 Å². The summed E-state index contributed by atoms with van der Waals surface area (Å²) >= 11 is 0. The van der Waals surface area contributed by atoms with Gasteiger partial charge in [-0.25, -0.2) is 0 Å². The van der Waals surface area contributed by atoms with E-state index in [9.17, 15) is 4.79 Å². The Hall–Kier alpha value is -1.35. The Morgan fingerprint density at radius 2 is 2.06 bits per heavy atom. The second kappa shape index (κ2) is 6.55. The van der Waals surface area contributed by atoms with E-state index in [-0.39, 0.29) is 5.91 Å². The zero-order valence-electron chi connectivity index (χ0n) is 11.1. The molecule has 1 amide bonds. The standard InChI is InChI=1S/C15H22N2O/c1-2-9-16-10-7-15(18)17-11-8-13-5-3-4-6-14(13)12-17/h3-6,16H,2,7-12H2,1H3. The monoisotopic (exact) mass is 246 g/mol. The quantitative estimate of drug-likeness (QED) is 0.806. The molecule has 0 fully saturated rings. The van der Waals surface area contributed by atoms with Crippen molar-refractivity contribution in [3.63, 3.8) is 0 Å². The molecule has 3 heteroatoms. The van der Waals surface area contributed by atoms with Crippen LogP contribution in [0.1, 0.15) is 30.9 Å². The Bertz CT molecular complexity index is 403. The van der Waals surface area contributed by atoms with Gasteiger partial charge in [0.05, 0.1) is 0 Å². The zero-order valence-corrected chi connectivity index (χ0v) is 11.1. The molecule has 0 aromatic heterocycles. The molecule has 1 heterocycles. The number of benzene rings is 1. The Labute approximate surface area is 109 Å². The van der Waals surface area contributed by atoms with Gasteiger partial charge in [0.25, 0.3) is 0 Å². The van der Waals surface area contributed by atoms with Crippen LogP contribution >= 0.6 is 0 Å². The third-order valence-corrected chi connectivity index (χ3v) is 3.43. The molecule has 3 nitrogen and oxygen atoms in total. The lowest BCUT2D eigenvalue weighted by Gasteiger charge is -2.29. The molecule has 0 spiro atoms. The van der Waals surface area contributed by atoms with E-state index in [1.807, 2.05) is 4.90 Å². The second-order valence-corrected chi connectivity index (χ2v) is 4.83. The van der Waals surface area contributed by atoms with Crippen molar-refractivity contribution in [1.29, 1.82) is 0 Å².